The third-order valence-electron chi connectivity index (χ3n) is 2.10. The lowest BCUT2D eigenvalue weighted by atomic mass is 10.1. The van der Waals surface area contributed by atoms with Crippen LogP contribution in [0.4, 0.5) is 0 Å². The molecule has 1 rings (SSSR count). The van der Waals surface area contributed by atoms with Gasteiger partial charge in [-0.25, -0.2) is 8.42 Å². The minimum Gasteiger partial charge on any atom is -0.392 e. The summed E-state index contributed by atoms with van der Waals surface area (Å²) in [5, 5.41) is 9.17. The Balaban J connectivity index is 2.67. The van der Waals surface area contributed by atoms with Gasteiger partial charge >= 0.3 is 0 Å². The lowest BCUT2D eigenvalue weighted by Crippen LogP contribution is -2.05. The first kappa shape index (κ1) is 13.5. The van der Waals surface area contributed by atoms with Crippen molar-refractivity contribution in [3.8, 4) is 0 Å². The van der Waals surface area contributed by atoms with Gasteiger partial charge in [-0.05, 0) is 18.6 Å². The normalized spacial score (nSPS) is 11.7. The number of aliphatic hydroxyl groups is 1. The molecular formula is C11H16O3S2. The third-order valence-corrected chi connectivity index (χ3v) is 4.42. The Kier molecular flexibility index (Phi) is 4.83. The fourth-order valence-electron chi connectivity index (χ4n) is 1.28. The number of sulfone groups is 1. The van der Waals surface area contributed by atoms with E-state index in [9.17, 15) is 13.5 Å². The molecule has 16 heavy (non-hydrogen) atoms. The van der Waals surface area contributed by atoms with Gasteiger partial charge in [0.1, 0.15) is 9.84 Å². The first-order valence-electron chi connectivity index (χ1n) is 4.93. The van der Waals surface area contributed by atoms with Crippen LogP contribution in [0.3, 0.4) is 0 Å². The van der Waals surface area contributed by atoms with Gasteiger partial charge < -0.3 is 5.11 Å². The second kappa shape index (κ2) is 5.70. The van der Waals surface area contributed by atoms with Crippen LogP contribution in [0.1, 0.15) is 11.1 Å². The molecule has 0 amide bonds. The lowest BCUT2D eigenvalue weighted by molar-refractivity contribution is 0.279. The molecule has 3 nitrogen and oxygen atoms in total. The van der Waals surface area contributed by atoms with Gasteiger partial charge in [-0.3, -0.25) is 0 Å². The molecule has 0 radical (unpaired) electrons. The van der Waals surface area contributed by atoms with Crippen LogP contribution >= 0.6 is 11.8 Å². The fraction of sp³-hybridized carbons (Fsp3) is 0.455. The average Bonchev–Trinajstić information content (AvgIpc) is 2.18. The summed E-state index contributed by atoms with van der Waals surface area (Å²) in [5.74, 6) is 0.686. The van der Waals surface area contributed by atoms with Gasteiger partial charge in [-0.2, -0.15) is 0 Å². The maximum absolute atomic E-state index is 11.0. The topological polar surface area (TPSA) is 54.4 Å². The number of aliphatic hydroxyl groups excluding tert-OH is 1. The van der Waals surface area contributed by atoms with Gasteiger partial charge in [0.25, 0.3) is 0 Å². The molecule has 0 fully saturated rings. The van der Waals surface area contributed by atoms with Gasteiger partial charge in [0, 0.05) is 16.9 Å². The summed E-state index contributed by atoms with van der Waals surface area (Å²) in [7, 11) is -2.91. The number of hydrogen-bond acceptors (Lipinski definition) is 4. The van der Waals surface area contributed by atoms with Crippen LogP contribution < -0.4 is 0 Å². The van der Waals surface area contributed by atoms with Crippen LogP contribution in [0.2, 0.25) is 0 Å². The quantitative estimate of drug-likeness (QED) is 0.818. The zero-order valence-electron chi connectivity index (χ0n) is 9.43. The van der Waals surface area contributed by atoms with Crippen molar-refractivity contribution < 1.29 is 13.5 Å². The summed E-state index contributed by atoms with van der Waals surface area (Å²) in [4.78, 5) is 0.955. The molecule has 0 aliphatic carbocycles. The molecule has 0 heterocycles. The molecule has 0 aliphatic heterocycles. The zero-order chi connectivity index (χ0) is 12.2. The highest BCUT2D eigenvalue weighted by Gasteiger charge is 2.06. The number of thioether (sulfide) groups is 1. The Bertz CT molecular complexity index is 452. The maximum atomic E-state index is 11.0. The summed E-state index contributed by atoms with van der Waals surface area (Å²) >= 11 is 1.47. The Morgan fingerprint density at radius 3 is 2.62 bits per heavy atom. The van der Waals surface area contributed by atoms with Crippen LogP contribution in [-0.4, -0.2) is 31.3 Å². The molecule has 0 atom stereocenters. The van der Waals surface area contributed by atoms with Crippen LogP contribution in [0, 0.1) is 6.92 Å². The van der Waals surface area contributed by atoms with E-state index in [0.717, 1.165) is 16.0 Å². The number of hydrogen-bond donors (Lipinski definition) is 1. The van der Waals surface area contributed by atoms with E-state index < -0.39 is 9.84 Å². The van der Waals surface area contributed by atoms with Crippen molar-refractivity contribution in [3.63, 3.8) is 0 Å². The molecule has 0 bridgehead atoms. The Morgan fingerprint density at radius 1 is 1.38 bits per heavy atom. The Morgan fingerprint density at radius 2 is 2.06 bits per heavy atom. The molecule has 0 spiro atoms. The molecule has 0 unspecified atom stereocenters. The molecule has 0 saturated carbocycles. The van der Waals surface area contributed by atoms with Crippen molar-refractivity contribution in [1.82, 2.24) is 0 Å². The summed E-state index contributed by atoms with van der Waals surface area (Å²) < 4.78 is 21.9. The van der Waals surface area contributed by atoms with Gasteiger partial charge in [0.2, 0.25) is 0 Å². The summed E-state index contributed by atoms with van der Waals surface area (Å²) in [5.41, 5.74) is 1.95. The van der Waals surface area contributed by atoms with Crippen molar-refractivity contribution in [3.05, 3.63) is 29.3 Å². The molecule has 0 saturated heterocycles. The van der Waals surface area contributed by atoms with E-state index >= 15 is 0 Å². The number of benzene rings is 1. The van der Waals surface area contributed by atoms with Crippen molar-refractivity contribution in [2.75, 3.05) is 17.8 Å². The van der Waals surface area contributed by atoms with E-state index in [2.05, 4.69) is 0 Å². The SMILES string of the molecule is Cc1ccc(SCCS(C)(=O)=O)c(CO)c1. The maximum Gasteiger partial charge on any atom is 0.148 e. The van der Waals surface area contributed by atoms with Crippen LogP contribution in [0.5, 0.6) is 0 Å². The molecule has 0 aliphatic rings. The molecule has 5 heteroatoms. The molecule has 1 aromatic rings. The van der Waals surface area contributed by atoms with Crippen LogP contribution in [0.25, 0.3) is 0 Å². The highest BCUT2D eigenvalue weighted by atomic mass is 32.2. The Labute approximate surface area is 101 Å². The molecule has 90 valence electrons. The van der Waals surface area contributed by atoms with Crippen LogP contribution in [0.15, 0.2) is 23.1 Å². The van der Waals surface area contributed by atoms with Gasteiger partial charge in [0.15, 0.2) is 0 Å². The standard InChI is InChI=1S/C11H16O3S2/c1-9-3-4-11(10(7-9)8-12)15-5-6-16(2,13)14/h3-4,7,12H,5-6,8H2,1-2H3. The van der Waals surface area contributed by atoms with Gasteiger partial charge in [-0.1, -0.05) is 17.7 Å². The van der Waals surface area contributed by atoms with Gasteiger partial charge in [-0.15, -0.1) is 11.8 Å². The molecule has 1 N–H and O–H groups in total. The predicted octanol–water partition coefficient (Wildman–Crippen LogP) is 1.62. The van der Waals surface area contributed by atoms with Crippen molar-refractivity contribution in [2.24, 2.45) is 0 Å². The zero-order valence-corrected chi connectivity index (χ0v) is 11.1. The Hall–Kier alpha value is -0.520. The largest absolute Gasteiger partial charge is 0.392 e. The molecule has 1 aromatic carbocycles. The van der Waals surface area contributed by atoms with E-state index in [1.54, 1.807) is 0 Å². The van der Waals surface area contributed by atoms with Crippen molar-refractivity contribution in [2.45, 2.75) is 18.4 Å². The second-order valence-corrected chi connectivity index (χ2v) is 7.14. The lowest BCUT2D eigenvalue weighted by Gasteiger charge is -2.07. The minimum atomic E-state index is -2.91. The number of rotatable bonds is 5. The average molecular weight is 260 g/mol. The predicted molar refractivity (Wildman–Crippen MR) is 67.5 cm³/mol. The van der Waals surface area contributed by atoms with Crippen molar-refractivity contribution in [1.29, 1.82) is 0 Å². The first-order valence-corrected chi connectivity index (χ1v) is 7.98. The molecule has 0 aromatic heterocycles. The summed E-state index contributed by atoms with van der Waals surface area (Å²) in [6.07, 6.45) is 1.23. The van der Waals surface area contributed by atoms with E-state index in [1.807, 2.05) is 25.1 Å². The van der Waals surface area contributed by atoms with E-state index in [4.69, 9.17) is 0 Å². The second-order valence-electron chi connectivity index (χ2n) is 3.75. The van der Waals surface area contributed by atoms with E-state index in [1.165, 1.54) is 18.0 Å². The van der Waals surface area contributed by atoms with E-state index in [-0.39, 0.29) is 12.4 Å². The van der Waals surface area contributed by atoms with Crippen molar-refractivity contribution >= 4 is 21.6 Å². The highest BCUT2D eigenvalue weighted by molar-refractivity contribution is 8.00. The smallest absolute Gasteiger partial charge is 0.148 e. The minimum absolute atomic E-state index is 0.0110. The first-order chi connectivity index (χ1) is 7.42. The monoisotopic (exact) mass is 260 g/mol. The molecular weight excluding hydrogens is 244 g/mol. The summed E-state index contributed by atoms with van der Waals surface area (Å²) in [6.45, 7) is 1.95. The summed E-state index contributed by atoms with van der Waals surface area (Å²) in [6, 6.07) is 5.80. The van der Waals surface area contributed by atoms with Crippen LogP contribution in [-0.2, 0) is 16.4 Å². The fourth-order valence-corrected chi connectivity index (χ4v) is 3.51. The third kappa shape index (κ3) is 4.55. The number of aryl methyl sites for hydroxylation is 1. The highest BCUT2D eigenvalue weighted by Crippen LogP contribution is 2.24. The van der Waals surface area contributed by atoms with E-state index in [0.29, 0.717) is 5.75 Å². The van der Waals surface area contributed by atoms with Gasteiger partial charge in [0.05, 0.1) is 12.4 Å².